The van der Waals surface area contributed by atoms with Crippen LogP contribution in [0.5, 0.6) is 0 Å². The van der Waals surface area contributed by atoms with Crippen LogP contribution in [-0.2, 0) is 0 Å². The quantitative estimate of drug-likeness (QED) is 0.557. The number of hydrogen-bond donors (Lipinski definition) is 4. The molecule has 0 radical (unpaired) electrons. The summed E-state index contributed by atoms with van der Waals surface area (Å²) in [6.07, 6.45) is 0. The van der Waals surface area contributed by atoms with Gasteiger partial charge in [0.05, 0.1) is 11.2 Å². The van der Waals surface area contributed by atoms with Gasteiger partial charge in [0, 0.05) is 31.0 Å². The van der Waals surface area contributed by atoms with Crippen LogP contribution in [0.1, 0.15) is 24.2 Å². The molecule has 0 aromatic heterocycles. The first-order valence-electron chi connectivity index (χ1n) is 7.04. The fourth-order valence-corrected chi connectivity index (χ4v) is 2.18. The minimum absolute atomic E-state index is 0.160. The molecule has 0 aliphatic rings. The van der Waals surface area contributed by atoms with Gasteiger partial charge in [-0.1, -0.05) is 0 Å². The highest BCUT2D eigenvalue weighted by Crippen LogP contribution is 2.20. The highest BCUT2D eigenvalue weighted by Gasteiger charge is 2.22. The zero-order chi connectivity index (χ0) is 16.0. The summed E-state index contributed by atoms with van der Waals surface area (Å²) >= 11 is 0. The molecule has 1 aromatic rings. The second kappa shape index (κ2) is 7.28. The standard InChI is InChI=1S/C15H26N4O2/c1-5-17-14(20)12-7-6-11(16)8-13(12)18-9-15(2,21)10-19(3)4/h6-8,18,21H,5,9-10,16H2,1-4H3,(H,17,20). The molecule has 0 bridgehead atoms. The average molecular weight is 294 g/mol. The predicted octanol–water partition coefficient (Wildman–Crippen LogP) is 0.743. The van der Waals surface area contributed by atoms with Crippen molar-refractivity contribution < 1.29 is 9.90 Å². The maximum Gasteiger partial charge on any atom is 0.253 e. The number of aliphatic hydroxyl groups is 1. The summed E-state index contributed by atoms with van der Waals surface area (Å²) in [7, 11) is 3.80. The molecular formula is C15H26N4O2. The van der Waals surface area contributed by atoms with Crippen molar-refractivity contribution in [1.82, 2.24) is 10.2 Å². The molecular weight excluding hydrogens is 268 g/mol. The Morgan fingerprint density at radius 1 is 1.43 bits per heavy atom. The first kappa shape index (κ1) is 17.3. The van der Waals surface area contributed by atoms with Crippen molar-refractivity contribution in [1.29, 1.82) is 0 Å². The maximum absolute atomic E-state index is 12.0. The van der Waals surface area contributed by atoms with E-state index < -0.39 is 5.60 Å². The predicted molar refractivity (Wildman–Crippen MR) is 86.5 cm³/mol. The lowest BCUT2D eigenvalue weighted by Crippen LogP contribution is -2.43. The lowest BCUT2D eigenvalue weighted by molar-refractivity contribution is 0.0459. The zero-order valence-corrected chi connectivity index (χ0v) is 13.2. The van der Waals surface area contributed by atoms with Gasteiger partial charge in [0.15, 0.2) is 0 Å². The van der Waals surface area contributed by atoms with Crippen molar-refractivity contribution in [3.63, 3.8) is 0 Å². The zero-order valence-electron chi connectivity index (χ0n) is 13.2. The Labute approximate surface area is 126 Å². The number of benzene rings is 1. The molecule has 0 aliphatic carbocycles. The Bertz CT molecular complexity index is 487. The van der Waals surface area contributed by atoms with Crippen LogP contribution in [0, 0.1) is 0 Å². The molecule has 0 heterocycles. The number of rotatable bonds is 7. The van der Waals surface area contributed by atoms with Crippen LogP contribution in [0.3, 0.4) is 0 Å². The van der Waals surface area contributed by atoms with Crippen LogP contribution in [0.25, 0.3) is 0 Å². The van der Waals surface area contributed by atoms with Gasteiger partial charge in [-0.25, -0.2) is 0 Å². The molecule has 6 heteroatoms. The van der Waals surface area contributed by atoms with Crippen LogP contribution in [-0.4, -0.2) is 55.2 Å². The number of nitrogen functional groups attached to an aromatic ring is 1. The largest absolute Gasteiger partial charge is 0.399 e. The first-order chi connectivity index (χ1) is 9.75. The van der Waals surface area contributed by atoms with Crippen molar-refractivity contribution in [3.05, 3.63) is 23.8 Å². The normalized spacial score (nSPS) is 13.8. The van der Waals surface area contributed by atoms with E-state index in [4.69, 9.17) is 5.73 Å². The first-order valence-corrected chi connectivity index (χ1v) is 7.04. The van der Waals surface area contributed by atoms with Gasteiger partial charge < -0.3 is 26.4 Å². The molecule has 5 N–H and O–H groups in total. The number of hydrogen-bond acceptors (Lipinski definition) is 5. The lowest BCUT2D eigenvalue weighted by Gasteiger charge is -2.28. The van der Waals surface area contributed by atoms with E-state index in [-0.39, 0.29) is 5.91 Å². The molecule has 1 amide bonds. The number of amides is 1. The van der Waals surface area contributed by atoms with Gasteiger partial charge in [0.25, 0.3) is 5.91 Å². The van der Waals surface area contributed by atoms with Crippen LogP contribution in [0.15, 0.2) is 18.2 Å². The lowest BCUT2D eigenvalue weighted by atomic mass is 10.1. The third-order valence-corrected chi connectivity index (χ3v) is 2.94. The van der Waals surface area contributed by atoms with E-state index in [1.165, 1.54) is 0 Å². The summed E-state index contributed by atoms with van der Waals surface area (Å²) in [5, 5.41) is 16.2. The second-order valence-electron chi connectivity index (χ2n) is 5.75. The van der Waals surface area contributed by atoms with E-state index >= 15 is 0 Å². The Hall–Kier alpha value is -1.79. The number of nitrogens with zero attached hydrogens (tertiary/aromatic N) is 1. The van der Waals surface area contributed by atoms with E-state index in [0.717, 1.165) is 0 Å². The van der Waals surface area contributed by atoms with Crippen LogP contribution < -0.4 is 16.4 Å². The van der Waals surface area contributed by atoms with Gasteiger partial charge in [-0.05, 0) is 46.1 Å². The van der Waals surface area contributed by atoms with Crippen molar-refractivity contribution in [2.24, 2.45) is 0 Å². The summed E-state index contributed by atoms with van der Waals surface area (Å²) < 4.78 is 0. The van der Waals surface area contributed by atoms with Gasteiger partial charge in [-0.2, -0.15) is 0 Å². The molecule has 21 heavy (non-hydrogen) atoms. The molecule has 0 fully saturated rings. The monoisotopic (exact) mass is 294 g/mol. The van der Waals surface area contributed by atoms with Gasteiger partial charge >= 0.3 is 0 Å². The fourth-order valence-electron chi connectivity index (χ4n) is 2.18. The topological polar surface area (TPSA) is 90.6 Å². The smallest absolute Gasteiger partial charge is 0.253 e. The minimum atomic E-state index is -0.910. The fraction of sp³-hybridized carbons (Fsp3) is 0.533. The molecule has 0 spiro atoms. The Morgan fingerprint density at radius 3 is 2.67 bits per heavy atom. The molecule has 1 atom stereocenters. The van der Waals surface area contributed by atoms with Crippen molar-refractivity contribution in [2.45, 2.75) is 19.4 Å². The molecule has 0 aliphatic heterocycles. The highest BCUT2D eigenvalue weighted by atomic mass is 16.3. The minimum Gasteiger partial charge on any atom is -0.399 e. The second-order valence-corrected chi connectivity index (χ2v) is 5.75. The van der Waals surface area contributed by atoms with Crippen molar-refractivity contribution in [3.8, 4) is 0 Å². The highest BCUT2D eigenvalue weighted by molar-refractivity contribution is 6.00. The van der Waals surface area contributed by atoms with Gasteiger partial charge in [0.2, 0.25) is 0 Å². The number of carbonyl (C=O) groups is 1. The van der Waals surface area contributed by atoms with Gasteiger partial charge in [0.1, 0.15) is 0 Å². The van der Waals surface area contributed by atoms with Crippen LogP contribution in [0.4, 0.5) is 11.4 Å². The third kappa shape index (κ3) is 5.61. The van der Waals surface area contributed by atoms with E-state index in [0.29, 0.717) is 36.6 Å². The number of anilines is 2. The summed E-state index contributed by atoms with van der Waals surface area (Å²) in [5.74, 6) is -0.160. The number of nitrogens with one attached hydrogen (secondary N) is 2. The summed E-state index contributed by atoms with van der Waals surface area (Å²) in [6.45, 7) is 5.00. The molecule has 1 rings (SSSR count). The number of nitrogens with two attached hydrogens (primary N) is 1. The third-order valence-electron chi connectivity index (χ3n) is 2.94. The summed E-state index contributed by atoms with van der Waals surface area (Å²) in [6, 6.07) is 5.08. The molecule has 1 aromatic carbocycles. The van der Waals surface area contributed by atoms with Gasteiger partial charge in [-0.15, -0.1) is 0 Å². The molecule has 6 nitrogen and oxygen atoms in total. The number of likely N-dealkylation sites (N-methyl/N-ethyl adjacent to an activating group) is 1. The molecule has 118 valence electrons. The van der Waals surface area contributed by atoms with Crippen molar-refractivity contribution >= 4 is 17.3 Å². The molecule has 0 saturated heterocycles. The van der Waals surface area contributed by atoms with E-state index in [9.17, 15) is 9.90 Å². The van der Waals surface area contributed by atoms with Crippen LogP contribution >= 0.6 is 0 Å². The maximum atomic E-state index is 12.0. The Balaban J connectivity index is 2.86. The van der Waals surface area contributed by atoms with Crippen LogP contribution in [0.2, 0.25) is 0 Å². The molecule has 0 saturated carbocycles. The molecule has 1 unspecified atom stereocenters. The number of carbonyl (C=O) groups excluding carboxylic acids is 1. The summed E-state index contributed by atoms with van der Waals surface area (Å²) in [5.41, 5.74) is 6.58. The van der Waals surface area contributed by atoms with E-state index in [1.54, 1.807) is 25.1 Å². The average Bonchev–Trinajstić information content (AvgIpc) is 2.35. The SMILES string of the molecule is CCNC(=O)c1ccc(N)cc1NCC(C)(O)CN(C)C. The van der Waals surface area contributed by atoms with Gasteiger partial charge in [-0.3, -0.25) is 4.79 Å². The van der Waals surface area contributed by atoms with Crippen molar-refractivity contribution in [2.75, 3.05) is 44.8 Å². The van der Waals surface area contributed by atoms with E-state index in [2.05, 4.69) is 10.6 Å². The Kier molecular flexibility index (Phi) is 5.99. The summed E-state index contributed by atoms with van der Waals surface area (Å²) in [4.78, 5) is 13.9. The Morgan fingerprint density at radius 2 is 2.10 bits per heavy atom. The van der Waals surface area contributed by atoms with E-state index in [1.807, 2.05) is 25.9 Å².